The number of anilines is 2. The first-order chi connectivity index (χ1) is 18.4. The fraction of sp³-hybridized carbons (Fsp3) is 0.455. The Morgan fingerprint density at radius 1 is 1.12 bits per heavy atom. The fourth-order valence-electron chi connectivity index (χ4n) is 5.03. The zero-order valence-corrected chi connectivity index (χ0v) is 22.2. The van der Waals surface area contributed by atoms with Gasteiger partial charge < -0.3 is 26.8 Å². The van der Waals surface area contributed by atoms with Crippen molar-refractivity contribution in [1.29, 1.82) is 0 Å². The summed E-state index contributed by atoms with van der Waals surface area (Å²) in [4.78, 5) is 28.6. The highest BCUT2D eigenvalue weighted by atomic mass is 32.1. The summed E-state index contributed by atoms with van der Waals surface area (Å²) < 4.78 is 0. The van der Waals surface area contributed by atoms with Gasteiger partial charge in [-0.05, 0) is 36.5 Å². The van der Waals surface area contributed by atoms with Crippen LogP contribution in [0.3, 0.4) is 0 Å². The number of aliphatic hydroxyl groups excluding tert-OH is 1. The van der Waals surface area contributed by atoms with Crippen LogP contribution in [0.5, 0.6) is 0 Å². The molecule has 238 valence electrons. The molecular weight excluding hydrogens is 558 g/mol. The van der Waals surface area contributed by atoms with Crippen molar-refractivity contribution in [3.63, 3.8) is 0 Å². The average molecular weight is 612 g/mol. The molecule has 0 spiro atoms. The van der Waals surface area contributed by atoms with Gasteiger partial charge in [0, 0.05) is 49.0 Å². The zero-order valence-electron chi connectivity index (χ0n) is 21.4. The molecule has 1 atom stereocenters. The Hall–Kier alpha value is -3.60. The van der Waals surface area contributed by atoms with Gasteiger partial charge in [-0.2, -0.15) is 0 Å². The number of piperidine rings is 1. The van der Waals surface area contributed by atoms with Crippen LogP contribution in [0.4, 0.5) is 11.5 Å². The lowest BCUT2D eigenvalue weighted by atomic mass is 10.0. The number of carbonyl (C=O) groups excluding carboxylic acids is 1. The number of fused-ring (bicyclic) bond motifs is 1. The predicted octanol–water partition coefficient (Wildman–Crippen LogP) is 6.86. The molecule has 1 unspecified atom stereocenters. The van der Waals surface area contributed by atoms with Crippen LogP contribution in [-0.2, 0) is 6.42 Å². The SMILES string of the molecule is C.C.C.C.C.CCCc1cc(N2CCC(NCC(O)c3ccc(-c4cnccn4)cc3)CC2)nc2sc(C(N)=O)c(N)c12. The lowest BCUT2D eigenvalue weighted by Gasteiger charge is -2.34. The molecule has 9 nitrogen and oxygen atoms in total. The fourth-order valence-corrected chi connectivity index (χ4v) is 6.02. The first-order valence-corrected chi connectivity index (χ1v) is 13.8. The number of amides is 1. The van der Waals surface area contributed by atoms with Gasteiger partial charge in [-0.25, -0.2) is 4.98 Å². The number of pyridine rings is 1. The van der Waals surface area contributed by atoms with Crippen molar-refractivity contribution >= 4 is 39.0 Å². The molecule has 0 aliphatic carbocycles. The second kappa shape index (κ2) is 17.5. The quantitative estimate of drug-likeness (QED) is 0.161. The summed E-state index contributed by atoms with van der Waals surface area (Å²) in [6.45, 7) is 4.33. The van der Waals surface area contributed by atoms with E-state index >= 15 is 0 Å². The molecule has 4 heterocycles. The molecule has 1 amide bonds. The summed E-state index contributed by atoms with van der Waals surface area (Å²) in [5, 5.41) is 15.1. The predicted molar refractivity (Wildman–Crippen MR) is 186 cm³/mol. The summed E-state index contributed by atoms with van der Waals surface area (Å²) >= 11 is 1.28. The number of carbonyl (C=O) groups is 1. The maximum Gasteiger partial charge on any atom is 0.260 e. The van der Waals surface area contributed by atoms with E-state index in [4.69, 9.17) is 16.5 Å². The largest absolute Gasteiger partial charge is 0.397 e. The highest BCUT2D eigenvalue weighted by Crippen LogP contribution is 2.37. The summed E-state index contributed by atoms with van der Waals surface area (Å²) in [6.07, 6.45) is 8.18. The topological polar surface area (TPSA) is 143 Å². The molecule has 1 fully saturated rings. The minimum absolute atomic E-state index is 0. The molecule has 43 heavy (non-hydrogen) atoms. The normalized spacial score (nSPS) is 13.4. The third-order valence-corrected chi connectivity index (χ3v) is 8.20. The second-order valence-electron chi connectivity index (χ2n) is 9.68. The Balaban J connectivity index is 0.00000353. The van der Waals surface area contributed by atoms with E-state index in [9.17, 15) is 9.90 Å². The number of primary amides is 1. The molecule has 1 aliphatic heterocycles. The van der Waals surface area contributed by atoms with Gasteiger partial charge in [0.05, 0.1) is 23.7 Å². The van der Waals surface area contributed by atoms with Crippen LogP contribution in [0.25, 0.3) is 21.5 Å². The first-order valence-electron chi connectivity index (χ1n) is 13.0. The number of thiophene rings is 1. The molecule has 0 radical (unpaired) electrons. The Kier molecular flexibility index (Phi) is 16.0. The highest BCUT2D eigenvalue weighted by Gasteiger charge is 2.24. The van der Waals surface area contributed by atoms with E-state index in [1.54, 1.807) is 18.6 Å². The average Bonchev–Trinajstić information content (AvgIpc) is 3.29. The van der Waals surface area contributed by atoms with E-state index < -0.39 is 12.0 Å². The van der Waals surface area contributed by atoms with E-state index in [1.165, 1.54) is 11.3 Å². The Labute approximate surface area is 262 Å². The molecular formula is C33H53N7O2S. The van der Waals surface area contributed by atoms with Gasteiger partial charge in [-0.3, -0.25) is 14.8 Å². The third-order valence-electron chi connectivity index (χ3n) is 7.08. The Bertz CT molecular complexity index is 1400. The van der Waals surface area contributed by atoms with Crippen molar-refractivity contribution < 1.29 is 9.90 Å². The lowest BCUT2D eigenvalue weighted by Crippen LogP contribution is -2.44. The summed E-state index contributed by atoms with van der Waals surface area (Å²) in [5.41, 5.74) is 16.0. The third kappa shape index (κ3) is 8.72. The number of hydrogen-bond donors (Lipinski definition) is 4. The zero-order chi connectivity index (χ0) is 26.6. The van der Waals surface area contributed by atoms with Crippen molar-refractivity contribution in [3.05, 3.63) is 64.9 Å². The van der Waals surface area contributed by atoms with Crippen LogP contribution in [0.2, 0.25) is 0 Å². The number of nitrogens with one attached hydrogen (secondary N) is 1. The van der Waals surface area contributed by atoms with Crippen molar-refractivity contribution in [2.75, 3.05) is 30.3 Å². The highest BCUT2D eigenvalue weighted by molar-refractivity contribution is 7.21. The Morgan fingerprint density at radius 2 is 1.79 bits per heavy atom. The minimum atomic E-state index is -0.589. The molecule has 0 saturated carbocycles. The van der Waals surface area contributed by atoms with Crippen molar-refractivity contribution in [1.82, 2.24) is 20.3 Å². The molecule has 0 bridgehead atoms. The van der Waals surface area contributed by atoms with Gasteiger partial charge in [0.25, 0.3) is 5.91 Å². The smallest absolute Gasteiger partial charge is 0.260 e. The lowest BCUT2D eigenvalue weighted by molar-refractivity contribution is 0.100. The molecule has 1 aliphatic rings. The van der Waals surface area contributed by atoms with E-state index in [-0.39, 0.29) is 37.1 Å². The number of nitrogen functional groups attached to an aromatic ring is 1. The van der Waals surface area contributed by atoms with E-state index in [2.05, 4.69) is 33.2 Å². The van der Waals surface area contributed by atoms with Gasteiger partial charge in [0.2, 0.25) is 0 Å². The number of aryl methyl sites for hydroxylation is 1. The molecule has 1 aromatic carbocycles. The van der Waals surface area contributed by atoms with Crippen molar-refractivity contribution in [2.45, 2.75) is 81.9 Å². The second-order valence-corrected chi connectivity index (χ2v) is 10.7. The standard InChI is InChI=1S/C28H33N7O2S.5CH4/c1-2-3-19-14-23(34-28-24(19)25(29)26(38-28)27(30)37)35-12-8-20(9-13-35)33-16-22(36)18-6-4-17(5-7-18)21-15-31-10-11-32-21;;;;;/h4-7,10-11,14-15,20,22,33,36H,2-3,8-9,12-13,16,29H2,1H3,(H2,30,37);5*1H4. The van der Waals surface area contributed by atoms with Crippen LogP contribution in [0, 0.1) is 0 Å². The van der Waals surface area contributed by atoms with E-state index in [0.29, 0.717) is 23.2 Å². The van der Waals surface area contributed by atoms with Crippen LogP contribution in [0.1, 0.15) is 90.2 Å². The number of benzene rings is 1. The monoisotopic (exact) mass is 611 g/mol. The Morgan fingerprint density at radius 3 is 2.37 bits per heavy atom. The summed E-state index contributed by atoms with van der Waals surface area (Å²) in [7, 11) is 0. The summed E-state index contributed by atoms with van der Waals surface area (Å²) in [5.74, 6) is 0.407. The molecule has 6 N–H and O–H groups in total. The van der Waals surface area contributed by atoms with Gasteiger partial charge >= 0.3 is 0 Å². The summed E-state index contributed by atoms with van der Waals surface area (Å²) in [6, 6.07) is 10.2. The number of aromatic nitrogens is 3. The molecule has 5 rings (SSSR count). The van der Waals surface area contributed by atoms with Gasteiger partial charge in [0.1, 0.15) is 15.5 Å². The maximum atomic E-state index is 11.8. The van der Waals surface area contributed by atoms with Crippen LogP contribution >= 0.6 is 11.3 Å². The van der Waals surface area contributed by atoms with Gasteiger partial charge in [-0.1, -0.05) is 74.7 Å². The molecule has 3 aromatic heterocycles. The van der Waals surface area contributed by atoms with Crippen LogP contribution < -0.4 is 21.7 Å². The number of aliphatic hydroxyl groups is 1. The van der Waals surface area contributed by atoms with Crippen LogP contribution in [-0.4, -0.2) is 51.6 Å². The van der Waals surface area contributed by atoms with E-state index in [1.807, 2.05) is 24.3 Å². The first kappa shape index (κ1) is 39.4. The van der Waals surface area contributed by atoms with Gasteiger partial charge in [0.15, 0.2) is 0 Å². The number of nitrogens with zero attached hydrogens (tertiary/aromatic N) is 4. The maximum absolute atomic E-state index is 11.8. The molecule has 10 heteroatoms. The van der Waals surface area contributed by atoms with Crippen molar-refractivity contribution in [3.8, 4) is 11.3 Å². The molecule has 1 saturated heterocycles. The van der Waals surface area contributed by atoms with Gasteiger partial charge in [-0.15, -0.1) is 11.3 Å². The number of hydrogen-bond acceptors (Lipinski definition) is 9. The van der Waals surface area contributed by atoms with Crippen LogP contribution in [0.15, 0.2) is 48.9 Å². The number of rotatable bonds is 9. The minimum Gasteiger partial charge on any atom is -0.397 e. The van der Waals surface area contributed by atoms with Crippen molar-refractivity contribution in [2.24, 2.45) is 5.73 Å². The molecule has 4 aromatic rings. The van der Waals surface area contributed by atoms with E-state index in [0.717, 1.165) is 77.2 Å². The number of nitrogens with two attached hydrogens (primary N) is 2.